The molecule has 21 heavy (non-hydrogen) atoms. The normalized spacial score (nSPS) is 19.2. The molecule has 6 heteroatoms. The molecule has 1 unspecified atom stereocenters. The lowest BCUT2D eigenvalue weighted by atomic mass is 9.98. The fourth-order valence-electron chi connectivity index (χ4n) is 2.70. The van der Waals surface area contributed by atoms with Crippen molar-refractivity contribution >= 4 is 23.7 Å². The second kappa shape index (κ2) is 7.84. The minimum atomic E-state index is 0. The molecule has 1 atom stereocenters. The maximum Gasteiger partial charge on any atom is 0.142 e. The van der Waals surface area contributed by atoms with Gasteiger partial charge in [-0.15, -0.1) is 23.7 Å². The Hall–Kier alpha value is -1.01. The zero-order valence-electron chi connectivity index (χ0n) is 11.9. The van der Waals surface area contributed by atoms with Gasteiger partial charge in [0.2, 0.25) is 0 Å². The van der Waals surface area contributed by atoms with Crippen LogP contribution >= 0.6 is 23.7 Å². The molecular formula is C15H21ClN4S. The van der Waals surface area contributed by atoms with Crippen molar-refractivity contribution in [3.8, 4) is 10.7 Å². The second-order valence-corrected chi connectivity index (χ2v) is 6.20. The van der Waals surface area contributed by atoms with Gasteiger partial charge < -0.3 is 5.73 Å². The lowest BCUT2D eigenvalue weighted by Crippen LogP contribution is -2.37. The summed E-state index contributed by atoms with van der Waals surface area (Å²) in [6.07, 6.45) is 4.33. The Kier molecular flexibility index (Phi) is 6.11. The fourth-order valence-corrected chi connectivity index (χ4v) is 3.49. The molecule has 0 saturated carbocycles. The third-order valence-electron chi connectivity index (χ3n) is 3.76. The van der Waals surface area contributed by atoms with E-state index in [0.29, 0.717) is 5.92 Å². The minimum absolute atomic E-state index is 0. The van der Waals surface area contributed by atoms with E-state index in [-0.39, 0.29) is 12.4 Å². The van der Waals surface area contributed by atoms with Crippen LogP contribution in [0.2, 0.25) is 0 Å². The number of aromatic nitrogens is 2. The summed E-state index contributed by atoms with van der Waals surface area (Å²) in [7, 11) is 0. The number of hydrogen-bond donors (Lipinski definition) is 1. The molecule has 0 amide bonds. The molecule has 2 aromatic heterocycles. The van der Waals surface area contributed by atoms with Crippen molar-refractivity contribution in [1.82, 2.24) is 14.9 Å². The van der Waals surface area contributed by atoms with Crippen LogP contribution in [0, 0.1) is 5.92 Å². The summed E-state index contributed by atoms with van der Waals surface area (Å²) >= 11 is 1.67. The molecule has 0 aliphatic carbocycles. The van der Waals surface area contributed by atoms with Crippen LogP contribution in [-0.4, -0.2) is 34.5 Å². The van der Waals surface area contributed by atoms with Crippen molar-refractivity contribution in [1.29, 1.82) is 0 Å². The van der Waals surface area contributed by atoms with Crippen LogP contribution in [0.5, 0.6) is 0 Å². The minimum Gasteiger partial charge on any atom is -0.330 e. The van der Waals surface area contributed by atoms with Gasteiger partial charge in [-0.1, -0.05) is 6.07 Å². The molecule has 1 saturated heterocycles. The first kappa shape index (κ1) is 16.4. The van der Waals surface area contributed by atoms with Crippen molar-refractivity contribution in [2.45, 2.75) is 19.4 Å². The van der Waals surface area contributed by atoms with E-state index in [2.05, 4.69) is 15.3 Å². The Labute approximate surface area is 135 Å². The number of nitrogens with zero attached hydrogens (tertiary/aromatic N) is 3. The van der Waals surface area contributed by atoms with Gasteiger partial charge in [0.1, 0.15) is 5.01 Å². The standard InChI is InChI=1S/C15H20N4S.ClH/c16-8-12-4-3-7-19(9-12)10-13-11-20-15(18-13)14-5-1-2-6-17-14;/h1-2,5-6,11-12H,3-4,7-10,16H2;1H. The molecular weight excluding hydrogens is 304 g/mol. The van der Waals surface area contributed by atoms with E-state index in [4.69, 9.17) is 10.7 Å². The molecule has 4 nitrogen and oxygen atoms in total. The molecule has 0 radical (unpaired) electrons. The summed E-state index contributed by atoms with van der Waals surface area (Å²) in [5.41, 5.74) is 7.90. The number of hydrogen-bond acceptors (Lipinski definition) is 5. The van der Waals surface area contributed by atoms with Crippen molar-refractivity contribution < 1.29 is 0 Å². The van der Waals surface area contributed by atoms with Gasteiger partial charge in [-0.25, -0.2) is 4.98 Å². The van der Waals surface area contributed by atoms with E-state index in [0.717, 1.165) is 42.6 Å². The van der Waals surface area contributed by atoms with Crippen LogP contribution in [0.15, 0.2) is 29.8 Å². The Bertz CT molecular complexity index is 546. The average Bonchev–Trinajstić information content (AvgIpc) is 2.97. The van der Waals surface area contributed by atoms with E-state index >= 15 is 0 Å². The van der Waals surface area contributed by atoms with E-state index in [1.807, 2.05) is 24.4 Å². The first-order chi connectivity index (χ1) is 9.85. The topological polar surface area (TPSA) is 55.0 Å². The fraction of sp³-hybridized carbons (Fsp3) is 0.467. The Morgan fingerprint density at radius 3 is 3.05 bits per heavy atom. The number of thiazole rings is 1. The van der Waals surface area contributed by atoms with E-state index in [1.54, 1.807) is 11.3 Å². The molecule has 2 aromatic rings. The average molecular weight is 325 g/mol. The van der Waals surface area contributed by atoms with Crippen LogP contribution < -0.4 is 5.73 Å². The van der Waals surface area contributed by atoms with Crippen molar-refractivity contribution in [2.75, 3.05) is 19.6 Å². The highest BCUT2D eigenvalue weighted by molar-refractivity contribution is 7.13. The van der Waals surface area contributed by atoms with Crippen molar-refractivity contribution in [2.24, 2.45) is 11.7 Å². The number of pyridine rings is 1. The van der Waals surface area contributed by atoms with Crippen LogP contribution in [0.3, 0.4) is 0 Å². The molecule has 0 spiro atoms. The van der Waals surface area contributed by atoms with Gasteiger partial charge in [-0.05, 0) is 44.0 Å². The molecule has 1 fully saturated rings. The third kappa shape index (κ3) is 4.23. The highest BCUT2D eigenvalue weighted by Gasteiger charge is 2.19. The monoisotopic (exact) mass is 324 g/mol. The lowest BCUT2D eigenvalue weighted by Gasteiger charge is -2.31. The van der Waals surface area contributed by atoms with Gasteiger partial charge in [0, 0.05) is 24.7 Å². The van der Waals surface area contributed by atoms with Crippen molar-refractivity contribution in [3.63, 3.8) is 0 Å². The van der Waals surface area contributed by atoms with Crippen LogP contribution in [0.1, 0.15) is 18.5 Å². The molecule has 3 heterocycles. The summed E-state index contributed by atoms with van der Waals surface area (Å²) in [4.78, 5) is 11.5. The highest BCUT2D eigenvalue weighted by Crippen LogP contribution is 2.23. The number of halogens is 1. The molecule has 114 valence electrons. The summed E-state index contributed by atoms with van der Waals surface area (Å²) in [6.45, 7) is 3.99. The Morgan fingerprint density at radius 2 is 2.29 bits per heavy atom. The zero-order chi connectivity index (χ0) is 13.8. The maximum absolute atomic E-state index is 5.79. The number of nitrogens with two attached hydrogens (primary N) is 1. The highest BCUT2D eigenvalue weighted by atomic mass is 35.5. The molecule has 3 rings (SSSR count). The van der Waals surface area contributed by atoms with E-state index < -0.39 is 0 Å². The summed E-state index contributed by atoms with van der Waals surface area (Å²) in [6, 6.07) is 5.94. The van der Waals surface area contributed by atoms with Crippen LogP contribution in [0.4, 0.5) is 0 Å². The number of likely N-dealkylation sites (tertiary alicyclic amines) is 1. The predicted octanol–water partition coefficient (Wildman–Crippen LogP) is 2.80. The first-order valence-corrected chi connectivity index (χ1v) is 8.01. The first-order valence-electron chi connectivity index (χ1n) is 7.13. The smallest absolute Gasteiger partial charge is 0.142 e. The summed E-state index contributed by atoms with van der Waals surface area (Å²) in [5.74, 6) is 0.651. The lowest BCUT2D eigenvalue weighted by molar-refractivity contribution is 0.169. The Balaban J connectivity index is 0.00000161. The summed E-state index contributed by atoms with van der Waals surface area (Å²) < 4.78 is 0. The molecule has 0 bridgehead atoms. The Morgan fingerprint density at radius 1 is 1.38 bits per heavy atom. The summed E-state index contributed by atoms with van der Waals surface area (Å²) in [5, 5.41) is 3.16. The van der Waals surface area contributed by atoms with E-state index in [9.17, 15) is 0 Å². The quantitative estimate of drug-likeness (QED) is 0.939. The SMILES string of the molecule is Cl.NCC1CCCN(Cc2csc(-c3ccccn3)n2)C1. The molecule has 2 N–H and O–H groups in total. The second-order valence-electron chi connectivity index (χ2n) is 5.34. The van der Waals surface area contributed by atoms with Gasteiger partial charge in [-0.3, -0.25) is 9.88 Å². The zero-order valence-corrected chi connectivity index (χ0v) is 13.6. The molecule has 1 aliphatic heterocycles. The van der Waals surface area contributed by atoms with Gasteiger partial charge >= 0.3 is 0 Å². The molecule has 0 aromatic carbocycles. The molecule has 1 aliphatic rings. The van der Waals surface area contributed by atoms with Crippen LogP contribution in [0.25, 0.3) is 10.7 Å². The van der Waals surface area contributed by atoms with Crippen LogP contribution in [-0.2, 0) is 6.54 Å². The maximum atomic E-state index is 5.79. The van der Waals surface area contributed by atoms with Crippen molar-refractivity contribution in [3.05, 3.63) is 35.5 Å². The predicted molar refractivity (Wildman–Crippen MR) is 89.6 cm³/mol. The van der Waals surface area contributed by atoms with Gasteiger partial charge in [0.05, 0.1) is 11.4 Å². The van der Waals surface area contributed by atoms with E-state index in [1.165, 1.54) is 12.8 Å². The largest absolute Gasteiger partial charge is 0.330 e. The third-order valence-corrected chi connectivity index (χ3v) is 4.67. The van der Waals surface area contributed by atoms with Gasteiger partial charge in [-0.2, -0.15) is 0 Å². The number of rotatable bonds is 4. The van der Waals surface area contributed by atoms with Gasteiger partial charge in [0.15, 0.2) is 0 Å². The number of piperidine rings is 1. The van der Waals surface area contributed by atoms with Gasteiger partial charge in [0.25, 0.3) is 0 Å².